The molecule has 2 fully saturated rings. The molecule has 226 valence electrons. The molecule has 1 N–H and O–H groups in total. The molecule has 0 atom stereocenters. The van der Waals surface area contributed by atoms with Crippen LogP contribution in [0, 0.1) is 5.82 Å². The van der Waals surface area contributed by atoms with Gasteiger partial charge in [0.1, 0.15) is 18.2 Å². The Morgan fingerprint density at radius 3 is 2.58 bits per heavy atom. The molecule has 43 heavy (non-hydrogen) atoms. The Kier molecular flexibility index (Phi) is 9.18. The van der Waals surface area contributed by atoms with Gasteiger partial charge in [-0.15, -0.1) is 0 Å². The summed E-state index contributed by atoms with van der Waals surface area (Å²) in [6.45, 7) is 7.41. The number of carboxylic acids is 1. The molecule has 0 unspecified atom stereocenters. The Hall–Kier alpha value is -3.57. The molecule has 0 bridgehead atoms. The summed E-state index contributed by atoms with van der Waals surface area (Å²) in [6, 6.07) is 15.5. The molecule has 2 saturated heterocycles. The van der Waals surface area contributed by atoms with Crippen LogP contribution in [0.4, 0.5) is 4.39 Å². The van der Waals surface area contributed by atoms with E-state index >= 15 is 0 Å². The number of carbonyl (C=O) groups is 1. The molecule has 0 saturated carbocycles. The summed E-state index contributed by atoms with van der Waals surface area (Å²) in [5.74, 6) is 0.390. The predicted octanol–water partition coefficient (Wildman–Crippen LogP) is 5.21. The number of fused-ring (bicyclic) bond motifs is 1. The van der Waals surface area contributed by atoms with Gasteiger partial charge < -0.3 is 19.1 Å². The van der Waals surface area contributed by atoms with Gasteiger partial charge in [-0.25, -0.2) is 19.2 Å². The minimum atomic E-state index is -0.938. The number of morpholine rings is 1. The Morgan fingerprint density at radius 1 is 1.00 bits per heavy atom. The number of carboxylic acid groups (broad SMARTS) is 1. The third-order valence-corrected chi connectivity index (χ3v) is 8.56. The smallest absolute Gasteiger partial charge is 0.335 e. The van der Waals surface area contributed by atoms with Gasteiger partial charge in [-0.2, -0.15) is 0 Å². The van der Waals surface area contributed by atoms with Gasteiger partial charge in [-0.1, -0.05) is 23.7 Å². The lowest BCUT2D eigenvalue weighted by molar-refractivity contribution is 0.0363. The van der Waals surface area contributed by atoms with Crippen molar-refractivity contribution in [3.05, 3.63) is 88.1 Å². The fourth-order valence-electron chi connectivity index (χ4n) is 5.86. The van der Waals surface area contributed by atoms with E-state index in [1.54, 1.807) is 30.3 Å². The van der Waals surface area contributed by atoms with Crippen LogP contribution in [-0.2, 0) is 24.4 Å². The fraction of sp³-hybridized carbons (Fsp3) is 0.406. The monoisotopic (exact) mass is 607 g/mol. The minimum Gasteiger partial charge on any atom is -0.478 e. The molecule has 4 heterocycles. The highest BCUT2D eigenvalue weighted by Crippen LogP contribution is 2.29. The third-order valence-electron chi connectivity index (χ3n) is 8.32. The van der Waals surface area contributed by atoms with Crippen molar-refractivity contribution < 1.29 is 23.8 Å². The largest absolute Gasteiger partial charge is 0.478 e. The van der Waals surface area contributed by atoms with Crippen molar-refractivity contribution >= 4 is 28.6 Å². The van der Waals surface area contributed by atoms with Crippen LogP contribution in [0.15, 0.2) is 54.6 Å². The van der Waals surface area contributed by atoms with Crippen LogP contribution in [0.5, 0.6) is 5.88 Å². The van der Waals surface area contributed by atoms with E-state index in [2.05, 4.69) is 14.4 Å². The van der Waals surface area contributed by atoms with E-state index in [9.17, 15) is 14.3 Å². The minimum absolute atomic E-state index is 0.0817. The van der Waals surface area contributed by atoms with Crippen LogP contribution in [0.3, 0.4) is 0 Å². The number of halogens is 2. The number of piperidine rings is 1. The van der Waals surface area contributed by atoms with E-state index in [0.717, 1.165) is 87.9 Å². The number of hydrogen-bond donors (Lipinski definition) is 1. The third kappa shape index (κ3) is 7.15. The molecule has 0 spiro atoms. The topological polar surface area (TPSA) is 92.9 Å². The number of nitrogens with zero attached hydrogens (tertiary/aromatic N) is 5. The van der Waals surface area contributed by atoms with Gasteiger partial charge in [0.05, 0.1) is 36.4 Å². The maximum Gasteiger partial charge on any atom is 0.335 e. The van der Waals surface area contributed by atoms with Crippen molar-refractivity contribution in [3.63, 3.8) is 0 Å². The number of likely N-dealkylation sites (tertiary alicyclic amines) is 1. The molecular formula is C32H35ClFN5O4. The zero-order valence-electron chi connectivity index (χ0n) is 23.9. The van der Waals surface area contributed by atoms with Crippen LogP contribution in [0.25, 0.3) is 11.0 Å². The number of imidazole rings is 1. The average Bonchev–Trinajstić information content (AvgIpc) is 3.36. The summed E-state index contributed by atoms with van der Waals surface area (Å²) in [5.41, 5.74) is 3.35. The summed E-state index contributed by atoms with van der Waals surface area (Å²) < 4.78 is 27.7. The molecular weight excluding hydrogens is 573 g/mol. The second-order valence-corrected chi connectivity index (χ2v) is 11.6. The highest BCUT2D eigenvalue weighted by Gasteiger charge is 2.24. The quantitative estimate of drug-likeness (QED) is 0.263. The van der Waals surface area contributed by atoms with Gasteiger partial charge in [0.2, 0.25) is 5.88 Å². The molecule has 2 aromatic carbocycles. The molecule has 9 nitrogen and oxygen atoms in total. The van der Waals surface area contributed by atoms with Gasteiger partial charge in [0.25, 0.3) is 0 Å². The van der Waals surface area contributed by atoms with Crippen molar-refractivity contribution in [2.24, 2.45) is 0 Å². The maximum atomic E-state index is 14.2. The summed E-state index contributed by atoms with van der Waals surface area (Å²) in [5, 5.41) is 9.93. The Morgan fingerprint density at radius 2 is 1.81 bits per heavy atom. The van der Waals surface area contributed by atoms with E-state index < -0.39 is 11.8 Å². The van der Waals surface area contributed by atoms with E-state index in [0.29, 0.717) is 28.9 Å². The zero-order chi connectivity index (χ0) is 29.8. The Bertz CT molecular complexity index is 1580. The summed E-state index contributed by atoms with van der Waals surface area (Å²) in [7, 11) is 0. The lowest BCUT2D eigenvalue weighted by atomic mass is 9.93. The fourth-order valence-corrected chi connectivity index (χ4v) is 6.02. The molecule has 2 aromatic heterocycles. The first kappa shape index (κ1) is 29.5. The van der Waals surface area contributed by atoms with Gasteiger partial charge in [-0.3, -0.25) is 9.80 Å². The first-order valence-corrected chi connectivity index (χ1v) is 15.1. The standard InChI is InChI=1S/C32H35ClFN5O4/c33-25-6-4-24(26(34)19-25)21-43-31-3-1-2-27(36-31)22-8-10-38(11-9-22)20-30-35-28-7-5-23(32(40)41)18-29(28)39(30)13-12-37-14-16-42-17-15-37/h1-7,18-19,22H,8-17,20-21H2,(H,40,41). The second kappa shape index (κ2) is 13.4. The highest BCUT2D eigenvalue weighted by molar-refractivity contribution is 6.30. The predicted molar refractivity (Wildman–Crippen MR) is 161 cm³/mol. The summed E-state index contributed by atoms with van der Waals surface area (Å²) >= 11 is 5.86. The van der Waals surface area contributed by atoms with E-state index in [1.165, 1.54) is 6.07 Å². The maximum absolute atomic E-state index is 14.2. The number of aromatic carboxylic acids is 1. The van der Waals surface area contributed by atoms with Crippen LogP contribution in [0.1, 0.15) is 46.2 Å². The second-order valence-electron chi connectivity index (χ2n) is 11.1. The number of ether oxygens (including phenoxy) is 2. The number of rotatable bonds is 10. The van der Waals surface area contributed by atoms with E-state index in [-0.39, 0.29) is 12.2 Å². The molecule has 4 aromatic rings. The molecule has 0 aliphatic carbocycles. The first-order valence-electron chi connectivity index (χ1n) is 14.7. The van der Waals surface area contributed by atoms with Crippen LogP contribution in [-0.4, -0.2) is 81.3 Å². The van der Waals surface area contributed by atoms with Crippen molar-refractivity contribution in [3.8, 4) is 5.88 Å². The molecule has 11 heteroatoms. The molecule has 6 rings (SSSR count). The number of hydrogen-bond acceptors (Lipinski definition) is 7. The van der Waals surface area contributed by atoms with Crippen LogP contribution < -0.4 is 4.74 Å². The van der Waals surface area contributed by atoms with Gasteiger partial charge in [0, 0.05) is 54.4 Å². The number of aromatic nitrogens is 3. The first-order chi connectivity index (χ1) is 20.9. The summed E-state index contributed by atoms with van der Waals surface area (Å²) in [6.07, 6.45) is 1.89. The SMILES string of the molecule is O=C(O)c1ccc2nc(CN3CCC(c4cccc(OCc5ccc(Cl)cc5F)n4)CC3)n(CCN3CCOCC3)c2c1. The molecule has 0 amide bonds. The van der Waals surface area contributed by atoms with E-state index in [1.807, 2.05) is 18.2 Å². The van der Waals surface area contributed by atoms with Crippen molar-refractivity contribution in [1.82, 2.24) is 24.3 Å². The van der Waals surface area contributed by atoms with Crippen molar-refractivity contribution in [2.45, 2.75) is 38.5 Å². The summed E-state index contributed by atoms with van der Waals surface area (Å²) in [4.78, 5) is 26.1. The lowest BCUT2D eigenvalue weighted by Gasteiger charge is -2.32. The van der Waals surface area contributed by atoms with Gasteiger partial charge >= 0.3 is 5.97 Å². The molecule has 2 aliphatic heterocycles. The normalized spacial score (nSPS) is 17.0. The zero-order valence-corrected chi connectivity index (χ0v) is 24.7. The molecule has 2 aliphatic rings. The highest BCUT2D eigenvalue weighted by atomic mass is 35.5. The van der Waals surface area contributed by atoms with Crippen molar-refractivity contribution in [1.29, 1.82) is 0 Å². The lowest BCUT2D eigenvalue weighted by Crippen LogP contribution is -2.38. The van der Waals surface area contributed by atoms with Gasteiger partial charge in [-0.05, 0) is 62.3 Å². The van der Waals surface area contributed by atoms with Crippen LogP contribution >= 0.6 is 11.6 Å². The molecule has 0 radical (unpaired) electrons. The van der Waals surface area contributed by atoms with Crippen LogP contribution in [0.2, 0.25) is 5.02 Å². The average molecular weight is 608 g/mol. The number of pyridine rings is 1. The Labute approximate surface area is 254 Å². The number of benzene rings is 2. The Balaban J connectivity index is 1.10. The van der Waals surface area contributed by atoms with Gasteiger partial charge in [0.15, 0.2) is 0 Å². The van der Waals surface area contributed by atoms with Crippen molar-refractivity contribution in [2.75, 3.05) is 45.9 Å². The van der Waals surface area contributed by atoms with E-state index in [4.69, 9.17) is 31.0 Å².